The SMILES string of the molecule is CCN(CCC(C)(C)C)c1ccc(N=Nc2ccc([N+](=O)[O-])cc2)cc1. The molecule has 0 aliphatic carbocycles. The second-order valence-electron chi connectivity index (χ2n) is 7.38. The zero-order valence-corrected chi connectivity index (χ0v) is 15.8. The minimum Gasteiger partial charge on any atom is -0.372 e. The minimum atomic E-state index is -0.432. The molecule has 6 nitrogen and oxygen atoms in total. The first kappa shape index (κ1) is 19.6. The molecular weight excluding hydrogens is 328 g/mol. The van der Waals surface area contributed by atoms with Gasteiger partial charge in [0.25, 0.3) is 5.69 Å². The Morgan fingerprint density at radius 1 is 0.962 bits per heavy atom. The summed E-state index contributed by atoms with van der Waals surface area (Å²) in [6.45, 7) is 10.9. The Morgan fingerprint density at radius 3 is 1.88 bits per heavy atom. The molecule has 0 bridgehead atoms. The fourth-order valence-electron chi connectivity index (χ4n) is 2.43. The van der Waals surface area contributed by atoms with Crippen LogP contribution in [0.2, 0.25) is 0 Å². The molecule has 6 heteroatoms. The van der Waals surface area contributed by atoms with Crippen LogP contribution >= 0.6 is 0 Å². The molecule has 0 aliphatic heterocycles. The molecule has 138 valence electrons. The van der Waals surface area contributed by atoms with Crippen LogP contribution in [-0.2, 0) is 0 Å². The van der Waals surface area contributed by atoms with Crippen LogP contribution in [0, 0.1) is 15.5 Å². The Bertz CT molecular complexity index is 747. The Balaban J connectivity index is 2.02. The van der Waals surface area contributed by atoms with E-state index < -0.39 is 4.92 Å². The summed E-state index contributed by atoms with van der Waals surface area (Å²) in [6, 6.07) is 14.0. The van der Waals surface area contributed by atoms with Crippen molar-refractivity contribution in [1.82, 2.24) is 0 Å². The lowest BCUT2D eigenvalue weighted by Gasteiger charge is -2.27. The summed E-state index contributed by atoms with van der Waals surface area (Å²) in [4.78, 5) is 12.6. The first-order chi connectivity index (χ1) is 12.3. The highest BCUT2D eigenvalue weighted by molar-refractivity contribution is 5.53. The Hall–Kier alpha value is -2.76. The average Bonchev–Trinajstić information content (AvgIpc) is 2.61. The number of rotatable bonds is 7. The van der Waals surface area contributed by atoms with Crippen molar-refractivity contribution in [1.29, 1.82) is 0 Å². The van der Waals surface area contributed by atoms with Gasteiger partial charge in [-0.2, -0.15) is 10.2 Å². The molecule has 0 N–H and O–H groups in total. The van der Waals surface area contributed by atoms with Gasteiger partial charge < -0.3 is 4.90 Å². The van der Waals surface area contributed by atoms with Crippen molar-refractivity contribution in [3.63, 3.8) is 0 Å². The van der Waals surface area contributed by atoms with Crippen LogP contribution < -0.4 is 4.90 Å². The summed E-state index contributed by atoms with van der Waals surface area (Å²) in [7, 11) is 0. The predicted octanol–water partition coefficient (Wildman–Crippen LogP) is 6.27. The number of hydrogen-bond acceptors (Lipinski definition) is 5. The van der Waals surface area contributed by atoms with E-state index in [0.29, 0.717) is 11.1 Å². The number of benzene rings is 2. The summed E-state index contributed by atoms with van der Waals surface area (Å²) < 4.78 is 0. The molecule has 0 atom stereocenters. The van der Waals surface area contributed by atoms with Crippen LogP contribution in [0.25, 0.3) is 0 Å². The number of azo groups is 1. The first-order valence-electron chi connectivity index (χ1n) is 8.80. The second kappa shape index (κ2) is 8.56. The van der Waals surface area contributed by atoms with Gasteiger partial charge in [0.2, 0.25) is 0 Å². The van der Waals surface area contributed by atoms with E-state index in [4.69, 9.17) is 0 Å². The number of non-ortho nitro benzene ring substituents is 1. The summed E-state index contributed by atoms with van der Waals surface area (Å²) in [6.07, 6.45) is 1.13. The van der Waals surface area contributed by atoms with Crippen molar-refractivity contribution >= 4 is 22.7 Å². The van der Waals surface area contributed by atoms with Crippen molar-refractivity contribution in [2.45, 2.75) is 34.1 Å². The van der Waals surface area contributed by atoms with Gasteiger partial charge in [-0.1, -0.05) is 20.8 Å². The van der Waals surface area contributed by atoms with Crippen molar-refractivity contribution in [3.8, 4) is 0 Å². The lowest BCUT2D eigenvalue weighted by molar-refractivity contribution is -0.384. The van der Waals surface area contributed by atoms with Crippen LogP contribution in [0.1, 0.15) is 34.1 Å². The number of nitro benzene ring substituents is 1. The van der Waals surface area contributed by atoms with Gasteiger partial charge in [-0.3, -0.25) is 10.1 Å². The van der Waals surface area contributed by atoms with Crippen molar-refractivity contribution < 1.29 is 4.92 Å². The standard InChI is InChI=1S/C20H26N4O2/c1-5-23(15-14-20(2,3)4)18-10-6-16(7-11-18)21-22-17-8-12-19(13-9-17)24(25)26/h6-13H,5,14-15H2,1-4H3. The van der Waals surface area contributed by atoms with Crippen molar-refractivity contribution in [2.24, 2.45) is 15.6 Å². The monoisotopic (exact) mass is 354 g/mol. The van der Waals surface area contributed by atoms with E-state index in [2.05, 4.69) is 55.0 Å². The van der Waals surface area contributed by atoms with Gasteiger partial charge in [0.05, 0.1) is 16.3 Å². The maximum Gasteiger partial charge on any atom is 0.269 e. The van der Waals surface area contributed by atoms with E-state index >= 15 is 0 Å². The third kappa shape index (κ3) is 5.95. The van der Waals surface area contributed by atoms with E-state index in [1.54, 1.807) is 12.1 Å². The first-order valence-corrected chi connectivity index (χ1v) is 8.80. The lowest BCUT2D eigenvalue weighted by atomic mass is 9.92. The Kier molecular flexibility index (Phi) is 6.44. The normalized spacial score (nSPS) is 11.7. The van der Waals surface area contributed by atoms with E-state index in [1.807, 2.05) is 12.1 Å². The van der Waals surface area contributed by atoms with Crippen LogP contribution in [0.3, 0.4) is 0 Å². The van der Waals surface area contributed by atoms with Gasteiger partial charge in [0.1, 0.15) is 0 Å². The maximum atomic E-state index is 10.7. The van der Waals surface area contributed by atoms with E-state index in [9.17, 15) is 10.1 Å². The summed E-state index contributed by atoms with van der Waals surface area (Å²) >= 11 is 0. The quantitative estimate of drug-likeness (QED) is 0.334. The fourth-order valence-corrected chi connectivity index (χ4v) is 2.43. The minimum absolute atomic E-state index is 0.0446. The zero-order valence-electron chi connectivity index (χ0n) is 15.8. The molecule has 2 aromatic rings. The Morgan fingerprint density at radius 2 is 1.46 bits per heavy atom. The lowest BCUT2D eigenvalue weighted by Crippen LogP contribution is -2.27. The molecule has 0 saturated carbocycles. The molecule has 0 unspecified atom stereocenters. The smallest absolute Gasteiger partial charge is 0.269 e. The van der Waals surface area contributed by atoms with Crippen molar-refractivity contribution in [2.75, 3.05) is 18.0 Å². The zero-order chi connectivity index (χ0) is 19.2. The van der Waals surface area contributed by atoms with E-state index in [1.165, 1.54) is 17.8 Å². The Labute approximate surface area is 154 Å². The number of nitro groups is 1. The maximum absolute atomic E-state index is 10.7. The summed E-state index contributed by atoms with van der Waals surface area (Å²) in [5.41, 5.74) is 2.86. The fraction of sp³-hybridized carbons (Fsp3) is 0.400. The molecule has 0 spiro atoms. The number of anilines is 1. The third-order valence-corrected chi connectivity index (χ3v) is 4.07. The molecular formula is C20H26N4O2. The molecule has 2 aromatic carbocycles. The van der Waals surface area contributed by atoms with Crippen LogP contribution in [0.4, 0.5) is 22.7 Å². The third-order valence-electron chi connectivity index (χ3n) is 4.07. The van der Waals surface area contributed by atoms with Crippen LogP contribution in [0.5, 0.6) is 0 Å². The highest BCUT2D eigenvalue weighted by Crippen LogP contribution is 2.25. The van der Waals surface area contributed by atoms with Crippen LogP contribution in [0.15, 0.2) is 58.8 Å². The van der Waals surface area contributed by atoms with Crippen LogP contribution in [-0.4, -0.2) is 18.0 Å². The van der Waals surface area contributed by atoms with Gasteiger partial charge in [-0.15, -0.1) is 0 Å². The summed E-state index contributed by atoms with van der Waals surface area (Å²) in [5, 5.41) is 19.0. The molecule has 0 fully saturated rings. The average molecular weight is 354 g/mol. The molecule has 2 rings (SSSR count). The number of hydrogen-bond donors (Lipinski definition) is 0. The highest BCUT2D eigenvalue weighted by Gasteiger charge is 2.13. The largest absolute Gasteiger partial charge is 0.372 e. The molecule has 0 radical (unpaired) electrons. The molecule has 0 heterocycles. The summed E-state index contributed by atoms with van der Waals surface area (Å²) in [5.74, 6) is 0. The van der Waals surface area contributed by atoms with Gasteiger partial charge in [0, 0.05) is 30.9 Å². The molecule has 0 aliphatic rings. The van der Waals surface area contributed by atoms with Gasteiger partial charge in [-0.25, -0.2) is 0 Å². The van der Waals surface area contributed by atoms with Gasteiger partial charge in [-0.05, 0) is 55.2 Å². The molecule has 26 heavy (non-hydrogen) atoms. The van der Waals surface area contributed by atoms with Crippen molar-refractivity contribution in [3.05, 3.63) is 58.6 Å². The topological polar surface area (TPSA) is 71.1 Å². The highest BCUT2D eigenvalue weighted by atomic mass is 16.6. The van der Waals surface area contributed by atoms with Gasteiger partial charge in [0.15, 0.2) is 0 Å². The predicted molar refractivity (Wildman–Crippen MR) is 106 cm³/mol. The second-order valence-corrected chi connectivity index (χ2v) is 7.38. The number of nitrogens with zero attached hydrogens (tertiary/aromatic N) is 4. The van der Waals surface area contributed by atoms with Gasteiger partial charge >= 0.3 is 0 Å². The molecule has 0 saturated heterocycles. The van der Waals surface area contributed by atoms with E-state index in [0.717, 1.165) is 25.2 Å². The van der Waals surface area contributed by atoms with E-state index in [-0.39, 0.29) is 5.69 Å². The molecule has 0 aromatic heterocycles. The molecule has 0 amide bonds.